The number of carbonyl (C=O) groups is 1. The molecule has 0 bridgehead atoms. The molecule has 6 nitrogen and oxygen atoms in total. The number of nitrogens with two attached hydrogens (primary N) is 1. The van der Waals surface area contributed by atoms with Crippen LogP contribution in [-0.4, -0.2) is 27.4 Å². The standard InChI is InChI=1S/C18H21N3O3S/c1-13-5-2-6-14-7-4-10-21(18(13)14)12-17(22)20-15-8-3-9-16(11-15)25(19,23)24/h2-3,5-6,8-9,11H,4,7,10,12H2,1H3,(H,20,22)(H2,19,23,24). The van der Waals surface area contributed by atoms with Gasteiger partial charge in [-0.05, 0) is 49.1 Å². The molecule has 0 spiro atoms. The third-order valence-corrected chi connectivity index (χ3v) is 5.20. The summed E-state index contributed by atoms with van der Waals surface area (Å²) in [5, 5.41) is 7.88. The van der Waals surface area contributed by atoms with Gasteiger partial charge in [0.25, 0.3) is 0 Å². The number of hydrogen-bond donors (Lipinski definition) is 2. The number of carbonyl (C=O) groups excluding carboxylic acids is 1. The van der Waals surface area contributed by atoms with Gasteiger partial charge in [-0.3, -0.25) is 4.79 Å². The minimum Gasteiger partial charge on any atom is -0.362 e. The third kappa shape index (κ3) is 4.00. The molecule has 1 amide bonds. The van der Waals surface area contributed by atoms with E-state index in [-0.39, 0.29) is 17.3 Å². The van der Waals surface area contributed by atoms with Gasteiger partial charge in [-0.25, -0.2) is 13.6 Å². The summed E-state index contributed by atoms with van der Waals surface area (Å²) in [6, 6.07) is 12.1. The molecule has 1 aliphatic rings. The smallest absolute Gasteiger partial charge is 0.243 e. The molecular weight excluding hydrogens is 338 g/mol. The molecule has 1 heterocycles. The first-order chi connectivity index (χ1) is 11.8. The van der Waals surface area contributed by atoms with Crippen molar-refractivity contribution in [3.8, 4) is 0 Å². The lowest BCUT2D eigenvalue weighted by Crippen LogP contribution is -2.37. The molecule has 0 unspecified atom stereocenters. The Balaban J connectivity index is 1.75. The van der Waals surface area contributed by atoms with E-state index in [1.54, 1.807) is 12.1 Å². The molecule has 1 aliphatic heterocycles. The van der Waals surface area contributed by atoms with Crippen molar-refractivity contribution < 1.29 is 13.2 Å². The van der Waals surface area contributed by atoms with E-state index in [0.29, 0.717) is 5.69 Å². The Kier molecular flexibility index (Phi) is 4.78. The predicted molar refractivity (Wildman–Crippen MR) is 98.2 cm³/mol. The summed E-state index contributed by atoms with van der Waals surface area (Å²) >= 11 is 0. The molecule has 3 N–H and O–H groups in total. The molecule has 3 rings (SSSR count). The summed E-state index contributed by atoms with van der Waals surface area (Å²) in [4.78, 5) is 14.5. The fourth-order valence-electron chi connectivity index (χ4n) is 3.23. The zero-order valence-corrected chi connectivity index (χ0v) is 14.8. The van der Waals surface area contributed by atoms with Crippen LogP contribution in [0.4, 0.5) is 11.4 Å². The Hall–Kier alpha value is -2.38. The lowest BCUT2D eigenvalue weighted by atomic mass is 9.98. The number of amides is 1. The Morgan fingerprint density at radius 2 is 2.00 bits per heavy atom. The Morgan fingerprint density at radius 1 is 1.24 bits per heavy atom. The molecule has 2 aromatic rings. The zero-order valence-electron chi connectivity index (χ0n) is 14.0. The monoisotopic (exact) mass is 359 g/mol. The lowest BCUT2D eigenvalue weighted by molar-refractivity contribution is -0.115. The average molecular weight is 359 g/mol. The van der Waals surface area contributed by atoms with Crippen LogP contribution >= 0.6 is 0 Å². The fourth-order valence-corrected chi connectivity index (χ4v) is 3.79. The molecule has 0 aromatic heterocycles. The normalized spacial score (nSPS) is 14.1. The number of fused-ring (bicyclic) bond motifs is 1. The number of nitrogens with zero attached hydrogens (tertiary/aromatic N) is 1. The first kappa shape index (κ1) is 17.4. The molecule has 0 aliphatic carbocycles. The van der Waals surface area contributed by atoms with Gasteiger partial charge in [-0.1, -0.05) is 24.3 Å². The lowest BCUT2D eigenvalue weighted by Gasteiger charge is -2.32. The SMILES string of the molecule is Cc1cccc2c1N(CC(=O)Nc1cccc(S(N)(=O)=O)c1)CCC2. The van der Waals surface area contributed by atoms with Crippen LogP contribution in [0, 0.1) is 6.92 Å². The summed E-state index contributed by atoms with van der Waals surface area (Å²) in [6.07, 6.45) is 2.02. The van der Waals surface area contributed by atoms with E-state index < -0.39 is 10.0 Å². The number of benzene rings is 2. The second-order valence-corrected chi connectivity index (χ2v) is 7.79. The highest BCUT2D eigenvalue weighted by Crippen LogP contribution is 2.30. The van der Waals surface area contributed by atoms with Crippen LogP contribution < -0.4 is 15.4 Å². The summed E-state index contributed by atoms with van der Waals surface area (Å²) in [7, 11) is -3.80. The van der Waals surface area contributed by atoms with Crippen LogP contribution in [0.15, 0.2) is 47.4 Å². The molecule has 132 valence electrons. The van der Waals surface area contributed by atoms with Crippen LogP contribution in [0.3, 0.4) is 0 Å². The number of aryl methyl sites for hydroxylation is 2. The minimum absolute atomic E-state index is 0.0236. The first-order valence-corrected chi connectivity index (χ1v) is 9.65. The van der Waals surface area contributed by atoms with E-state index in [4.69, 9.17) is 5.14 Å². The minimum atomic E-state index is -3.80. The van der Waals surface area contributed by atoms with E-state index >= 15 is 0 Å². The Labute approximate surface area is 147 Å². The second kappa shape index (κ2) is 6.85. The van der Waals surface area contributed by atoms with Gasteiger partial charge in [0.05, 0.1) is 11.4 Å². The molecule has 0 atom stereocenters. The van der Waals surface area contributed by atoms with Gasteiger partial charge >= 0.3 is 0 Å². The molecule has 2 aromatic carbocycles. The summed E-state index contributed by atoms with van der Waals surface area (Å²) in [5.74, 6) is -0.192. The molecular formula is C18H21N3O3S. The number of hydrogen-bond acceptors (Lipinski definition) is 4. The van der Waals surface area contributed by atoms with Crippen molar-refractivity contribution in [2.24, 2.45) is 5.14 Å². The molecule has 0 fully saturated rings. The molecule has 0 radical (unpaired) electrons. The van der Waals surface area contributed by atoms with E-state index in [9.17, 15) is 13.2 Å². The number of anilines is 2. The first-order valence-electron chi connectivity index (χ1n) is 8.11. The third-order valence-electron chi connectivity index (χ3n) is 4.29. The van der Waals surface area contributed by atoms with Crippen molar-refractivity contribution in [2.45, 2.75) is 24.7 Å². The molecule has 0 saturated carbocycles. The van der Waals surface area contributed by atoms with Crippen LogP contribution in [-0.2, 0) is 21.2 Å². The van der Waals surface area contributed by atoms with E-state index in [0.717, 1.165) is 30.6 Å². The van der Waals surface area contributed by atoms with Crippen molar-refractivity contribution in [2.75, 3.05) is 23.3 Å². The van der Waals surface area contributed by atoms with E-state index in [1.807, 2.05) is 19.1 Å². The van der Waals surface area contributed by atoms with Crippen molar-refractivity contribution in [3.05, 3.63) is 53.6 Å². The van der Waals surface area contributed by atoms with Crippen molar-refractivity contribution >= 4 is 27.3 Å². The predicted octanol–water partition coefficient (Wildman–Crippen LogP) is 2.03. The van der Waals surface area contributed by atoms with Crippen LogP contribution in [0.25, 0.3) is 0 Å². The van der Waals surface area contributed by atoms with Gasteiger partial charge in [0.1, 0.15) is 0 Å². The summed E-state index contributed by atoms with van der Waals surface area (Å²) in [5.41, 5.74) is 3.96. The topological polar surface area (TPSA) is 92.5 Å². The highest BCUT2D eigenvalue weighted by Gasteiger charge is 2.21. The van der Waals surface area contributed by atoms with Gasteiger partial charge in [-0.15, -0.1) is 0 Å². The maximum Gasteiger partial charge on any atom is 0.243 e. The fraction of sp³-hybridized carbons (Fsp3) is 0.278. The highest BCUT2D eigenvalue weighted by molar-refractivity contribution is 7.89. The van der Waals surface area contributed by atoms with Crippen LogP contribution in [0.1, 0.15) is 17.5 Å². The van der Waals surface area contributed by atoms with Gasteiger partial charge in [0, 0.05) is 17.9 Å². The molecule has 25 heavy (non-hydrogen) atoms. The molecule has 7 heteroatoms. The van der Waals surface area contributed by atoms with Crippen molar-refractivity contribution in [1.82, 2.24) is 0 Å². The van der Waals surface area contributed by atoms with Crippen molar-refractivity contribution in [1.29, 1.82) is 0 Å². The van der Waals surface area contributed by atoms with Crippen LogP contribution in [0.2, 0.25) is 0 Å². The van der Waals surface area contributed by atoms with Crippen molar-refractivity contribution in [3.63, 3.8) is 0 Å². The Morgan fingerprint density at radius 3 is 2.76 bits per heavy atom. The van der Waals surface area contributed by atoms with Gasteiger partial charge in [0.15, 0.2) is 0 Å². The number of nitrogens with one attached hydrogen (secondary N) is 1. The number of rotatable bonds is 4. The van der Waals surface area contributed by atoms with Gasteiger partial charge in [0.2, 0.25) is 15.9 Å². The Bertz CT molecular complexity index is 910. The maximum absolute atomic E-state index is 12.4. The van der Waals surface area contributed by atoms with Gasteiger partial charge < -0.3 is 10.2 Å². The largest absolute Gasteiger partial charge is 0.362 e. The summed E-state index contributed by atoms with van der Waals surface area (Å²) in [6.45, 7) is 3.09. The maximum atomic E-state index is 12.4. The zero-order chi connectivity index (χ0) is 18.0. The average Bonchev–Trinajstić information content (AvgIpc) is 2.54. The van der Waals surface area contributed by atoms with E-state index in [2.05, 4.69) is 16.3 Å². The van der Waals surface area contributed by atoms with Gasteiger partial charge in [-0.2, -0.15) is 0 Å². The second-order valence-electron chi connectivity index (χ2n) is 6.23. The number of para-hydroxylation sites is 1. The number of primary sulfonamides is 1. The summed E-state index contributed by atoms with van der Waals surface area (Å²) < 4.78 is 22.8. The number of sulfonamides is 1. The quantitative estimate of drug-likeness (QED) is 0.874. The molecule has 0 saturated heterocycles. The van der Waals surface area contributed by atoms with Crippen LogP contribution in [0.5, 0.6) is 0 Å². The highest BCUT2D eigenvalue weighted by atomic mass is 32.2. The van der Waals surface area contributed by atoms with E-state index in [1.165, 1.54) is 17.7 Å².